The second-order valence-electron chi connectivity index (χ2n) is 5.59. The molecule has 0 unspecified atom stereocenters. The highest BCUT2D eigenvalue weighted by Crippen LogP contribution is 2.31. The van der Waals surface area contributed by atoms with E-state index in [1.54, 1.807) is 7.11 Å². The van der Waals surface area contributed by atoms with Gasteiger partial charge in [0.15, 0.2) is 0 Å². The quantitative estimate of drug-likeness (QED) is 0.887. The molecule has 3 N–H and O–H groups in total. The smallest absolute Gasteiger partial charge is 0.241 e. The number of carbonyl (C=O) groups is 1. The predicted octanol–water partition coefficient (Wildman–Crippen LogP) is 3.16. The van der Waals surface area contributed by atoms with E-state index < -0.39 is 6.04 Å². The van der Waals surface area contributed by atoms with Crippen LogP contribution in [0.25, 0.3) is 10.8 Å². The van der Waals surface area contributed by atoms with Crippen LogP contribution < -0.4 is 15.8 Å². The fraction of sp³-hybridized carbons (Fsp3) is 0.353. The van der Waals surface area contributed by atoms with Crippen molar-refractivity contribution in [1.82, 2.24) is 0 Å². The van der Waals surface area contributed by atoms with Crippen LogP contribution in [-0.4, -0.2) is 19.1 Å². The number of ether oxygens (including phenoxy) is 1. The Labute approximate surface area is 125 Å². The molecule has 2 aromatic rings. The maximum atomic E-state index is 12.2. The topological polar surface area (TPSA) is 64.3 Å². The van der Waals surface area contributed by atoms with Gasteiger partial charge in [-0.2, -0.15) is 0 Å². The van der Waals surface area contributed by atoms with E-state index in [0.29, 0.717) is 12.3 Å². The summed E-state index contributed by atoms with van der Waals surface area (Å²) in [7, 11) is 1.64. The van der Waals surface area contributed by atoms with E-state index in [-0.39, 0.29) is 5.91 Å². The molecule has 0 aromatic heterocycles. The predicted molar refractivity (Wildman–Crippen MR) is 86.6 cm³/mol. The highest BCUT2D eigenvalue weighted by Gasteiger charge is 2.16. The molecule has 112 valence electrons. The molecule has 1 amide bonds. The standard InChI is InChI=1S/C17H22N2O2/c1-11(2)10-14(18)17(20)19-15-8-9-16(21-3)13-7-5-4-6-12(13)15/h4-9,11,14H,10,18H2,1-3H3,(H,19,20)/t14-/m0/s1. The summed E-state index contributed by atoms with van der Waals surface area (Å²) in [6.45, 7) is 4.10. The summed E-state index contributed by atoms with van der Waals surface area (Å²) in [5.74, 6) is 1.02. The van der Waals surface area contributed by atoms with Gasteiger partial charge < -0.3 is 15.8 Å². The Morgan fingerprint density at radius 1 is 1.19 bits per heavy atom. The van der Waals surface area contributed by atoms with Gasteiger partial charge in [-0.05, 0) is 24.5 Å². The molecule has 4 nitrogen and oxygen atoms in total. The molecule has 21 heavy (non-hydrogen) atoms. The number of rotatable bonds is 5. The first kappa shape index (κ1) is 15.3. The van der Waals surface area contributed by atoms with E-state index in [2.05, 4.69) is 19.2 Å². The molecule has 0 radical (unpaired) electrons. The van der Waals surface area contributed by atoms with E-state index >= 15 is 0 Å². The summed E-state index contributed by atoms with van der Waals surface area (Å²) in [6, 6.07) is 11.0. The molecule has 2 aromatic carbocycles. The van der Waals surface area contributed by atoms with Gasteiger partial charge in [-0.1, -0.05) is 38.1 Å². The Hall–Kier alpha value is -2.07. The largest absolute Gasteiger partial charge is 0.496 e. The number of nitrogens with two attached hydrogens (primary N) is 1. The molecule has 0 spiro atoms. The number of hydrogen-bond acceptors (Lipinski definition) is 3. The van der Waals surface area contributed by atoms with Crippen LogP contribution in [0.3, 0.4) is 0 Å². The Kier molecular flexibility index (Phi) is 4.81. The van der Waals surface area contributed by atoms with Gasteiger partial charge in [0.05, 0.1) is 13.2 Å². The minimum absolute atomic E-state index is 0.154. The highest BCUT2D eigenvalue weighted by atomic mass is 16.5. The summed E-state index contributed by atoms with van der Waals surface area (Å²) >= 11 is 0. The van der Waals surface area contributed by atoms with E-state index in [1.165, 1.54) is 0 Å². The number of methoxy groups -OCH3 is 1. The van der Waals surface area contributed by atoms with Crippen molar-refractivity contribution < 1.29 is 9.53 Å². The van der Waals surface area contributed by atoms with E-state index in [1.807, 2.05) is 36.4 Å². The van der Waals surface area contributed by atoms with Crippen LogP contribution in [-0.2, 0) is 4.79 Å². The zero-order valence-corrected chi connectivity index (χ0v) is 12.7. The molecule has 0 aliphatic rings. The lowest BCUT2D eigenvalue weighted by Crippen LogP contribution is -2.36. The molecule has 0 saturated heterocycles. The van der Waals surface area contributed by atoms with Crippen LogP contribution in [0.4, 0.5) is 5.69 Å². The second kappa shape index (κ2) is 6.59. The molecule has 2 rings (SSSR count). The van der Waals surface area contributed by atoms with Crippen molar-refractivity contribution >= 4 is 22.4 Å². The SMILES string of the molecule is COc1ccc(NC(=O)[C@@H](N)CC(C)C)c2ccccc12. The van der Waals surface area contributed by atoms with Crippen molar-refractivity contribution in [3.63, 3.8) is 0 Å². The molecular weight excluding hydrogens is 264 g/mol. The Morgan fingerprint density at radius 2 is 1.86 bits per heavy atom. The molecular formula is C17H22N2O2. The highest BCUT2D eigenvalue weighted by molar-refractivity contribution is 6.05. The molecule has 0 heterocycles. The Bertz CT molecular complexity index is 638. The molecule has 0 aliphatic heterocycles. The van der Waals surface area contributed by atoms with E-state index in [4.69, 9.17) is 10.5 Å². The lowest BCUT2D eigenvalue weighted by atomic mass is 10.0. The van der Waals surface area contributed by atoms with Gasteiger partial charge in [0.25, 0.3) is 0 Å². The Balaban J connectivity index is 2.29. The summed E-state index contributed by atoms with van der Waals surface area (Å²) in [4.78, 5) is 12.2. The fourth-order valence-electron chi connectivity index (χ4n) is 2.40. The lowest BCUT2D eigenvalue weighted by Gasteiger charge is -2.16. The molecule has 0 fully saturated rings. The average Bonchev–Trinajstić information content (AvgIpc) is 2.46. The number of hydrogen-bond donors (Lipinski definition) is 2. The first-order valence-electron chi connectivity index (χ1n) is 7.15. The minimum Gasteiger partial charge on any atom is -0.496 e. The minimum atomic E-state index is -0.495. The number of fused-ring (bicyclic) bond motifs is 1. The monoisotopic (exact) mass is 286 g/mol. The number of benzene rings is 2. The van der Waals surface area contributed by atoms with Crippen LogP contribution >= 0.6 is 0 Å². The van der Waals surface area contributed by atoms with Gasteiger partial charge in [0, 0.05) is 16.5 Å². The first-order valence-corrected chi connectivity index (χ1v) is 7.15. The van der Waals surface area contributed by atoms with E-state index in [0.717, 1.165) is 22.2 Å². The maximum absolute atomic E-state index is 12.2. The van der Waals surface area contributed by atoms with Gasteiger partial charge in [0.1, 0.15) is 5.75 Å². The zero-order chi connectivity index (χ0) is 15.4. The van der Waals surface area contributed by atoms with Crippen molar-refractivity contribution in [3.05, 3.63) is 36.4 Å². The first-order chi connectivity index (χ1) is 10.0. The van der Waals surface area contributed by atoms with Gasteiger partial charge in [-0.3, -0.25) is 4.79 Å². The van der Waals surface area contributed by atoms with Crippen molar-refractivity contribution in [3.8, 4) is 5.75 Å². The zero-order valence-electron chi connectivity index (χ0n) is 12.7. The third-order valence-electron chi connectivity index (χ3n) is 3.42. The van der Waals surface area contributed by atoms with Crippen LogP contribution in [0.15, 0.2) is 36.4 Å². The van der Waals surface area contributed by atoms with Crippen LogP contribution in [0.1, 0.15) is 20.3 Å². The van der Waals surface area contributed by atoms with Gasteiger partial charge >= 0.3 is 0 Å². The van der Waals surface area contributed by atoms with Crippen molar-refractivity contribution in [2.24, 2.45) is 11.7 Å². The van der Waals surface area contributed by atoms with Crippen molar-refractivity contribution in [2.45, 2.75) is 26.3 Å². The van der Waals surface area contributed by atoms with Crippen LogP contribution in [0.5, 0.6) is 5.75 Å². The maximum Gasteiger partial charge on any atom is 0.241 e. The number of nitrogens with one attached hydrogen (secondary N) is 1. The van der Waals surface area contributed by atoms with Gasteiger partial charge in [0.2, 0.25) is 5.91 Å². The third kappa shape index (κ3) is 3.52. The van der Waals surface area contributed by atoms with Crippen LogP contribution in [0.2, 0.25) is 0 Å². The fourth-order valence-corrected chi connectivity index (χ4v) is 2.40. The third-order valence-corrected chi connectivity index (χ3v) is 3.42. The lowest BCUT2D eigenvalue weighted by molar-refractivity contribution is -0.117. The number of anilines is 1. The van der Waals surface area contributed by atoms with Crippen LogP contribution in [0, 0.1) is 5.92 Å². The number of amides is 1. The molecule has 0 aliphatic carbocycles. The Morgan fingerprint density at radius 3 is 2.48 bits per heavy atom. The average molecular weight is 286 g/mol. The molecule has 1 atom stereocenters. The molecule has 0 saturated carbocycles. The number of carbonyl (C=O) groups excluding carboxylic acids is 1. The summed E-state index contributed by atoms with van der Waals surface area (Å²) in [5.41, 5.74) is 6.69. The summed E-state index contributed by atoms with van der Waals surface area (Å²) in [6.07, 6.45) is 0.667. The van der Waals surface area contributed by atoms with Crippen molar-refractivity contribution in [1.29, 1.82) is 0 Å². The van der Waals surface area contributed by atoms with E-state index in [9.17, 15) is 4.79 Å². The normalized spacial score (nSPS) is 12.4. The molecule has 4 heteroatoms. The molecule has 0 bridgehead atoms. The van der Waals surface area contributed by atoms with Crippen molar-refractivity contribution in [2.75, 3.05) is 12.4 Å². The summed E-state index contributed by atoms with van der Waals surface area (Å²) < 4.78 is 5.35. The second-order valence-corrected chi connectivity index (χ2v) is 5.59. The van der Waals surface area contributed by atoms with Gasteiger partial charge in [-0.15, -0.1) is 0 Å². The summed E-state index contributed by atoms with van der Waals surface area (Å²) in [5, 5.41) is 4.84. The van der Waals surface area contributed by atoms with Gasteiger partial charge in [-0.25, -0.2) is 0 Å².